The first-order chi connectivity index (χ1) is 11.7. The number of para-hydroxylation sites is 1. The highest BCUT2D eigenvalue weighted by molar-refractivity contribution is 5.32. The van der Waals surface area contributed by atoms with E-state index >= 15 is 0 Å². The maximum absolute atomic E-state index is 9.88. The van der Waals surface area contributed by atoms with E-state index in [0.29, 0.717) is 43.2 Å². The first-order valence-corrected chi connectivity index (χ1v) is 7.85. The van der Waals surface area contributed by atoms with Gasteiger partial charge in [0.15, 0.2) is 6.29 Å². The molecular weight excluding hydrogens is 310 g/mol. The van der Waals surface area contributed by atoms with Crippen LogP contribution >= 0.6 is 0 Å². The van der Waals surface area contributed by atoms with Crippen LogP contribution in [0.1, 0.15) is 12.0 Å². The summed E-state index contributed by atoms with van der Waals surface area (Å²) in [5.41, 5.74) is 0.645. The fourth-order valence-electron chi connectivity index (χ4n) is 2.09. The van der Waals surface area contributed by atoms with E-state index in [1.54, 1.807) is 48.5 Å². The average Bonchev–Trinajstić information content (AvgIpc) is 2.60. The lowest BCUT2D eigenvalue weighted by Crippen LogP contribution is -2.27. The molecule has 0 spiro atoms. The fourth-order valence-corrected chi connectivity index (χ4v) is 2.09. The van der Waals surface area contributed by atoms with Gasteiger partial charge in [-0.15, -0.1) is 0 Å². The van der Waals surface area contributed by atoms with E-state index in [9.17, 15) is 15.3 Å². The van der Waals surface area contributed by atoms with Crippen LogP contribution in [0.3, 0.4) is 0 Å². The van der Waals surface area contributed by atoms with Crippen LogP contribution in [0.25, 0.3) is 0 Å². The number of phenolic OH excluding ortho intramolecular Hbond substituents is 1. The molecule has 0 fully saturated rings. The Hall–Kier alpha value is -2.28. The molecule has 0 aliphatic heterocycles. The topological polar surface area (TPSA) is 91.2 Å². The molecule has 0 saturated heterocycles. The number of benzene rings is 2. The molecule has 2 rings (SSSR count). The quantitative estimate of drug-likeness (QED) is 0.390. The number of phenols is 1. The van der Waals surface area contributed by atoms with Crippen molar-refractivity contribution < 1.29 is 24.8 Å². The van der Waals surface area contributed by atoms with Crippen molar-refractivity contribution in [3.05, 3.63) is 54.1 Å². The van der Waals surface area contributed by atoms with E-state index in [-0.39, 0.29) is 12.4 Å². The van der Waals surface area contributed by atoms with Gasteiger partial charge in [0.1, 0.15) is 23.9 Å². The van der Waals surface area contributed by atoms with Gasteiger partial charge in [0.2, 0.25) is 0 Å². The molecule has 130 valence electrons. The van der Waals surface area contributed by atoms with Crippen LogP contribution < -0.4 is 14.8 Å². The van der Waals surface area contributed by atoms with Gasteiger partial charge in [-0.3, -0.25) is 0 Å². The van der Waals surface area contributed by atoms with Crippen LogP contribution in [0.4, 0.5) is 0 Å². The number of hydrogen-bond donors (Lipinski definition) is 4. The Morgan fingerprint density at radius 2 is 1.75 bits per heavy atom. The molecule has 1 unspecified atom stereocenters. The predicted octanol–water partition coefficient (Wildman–Crippen LogP) is 1.64. The second-order valence-electron chi connectivity index (χ2n) is 5.22. The third kappa shape index (κ3) is 6.08. The van der Waals surface area contributed by atoms with E-state index < -0.39 is 6.29 Å². The standard InChI is InChI=1S/C18H23NO5/c20-13-14-3-1-2-4-17(14)24-18(22)9-10-19-11-12-23-16-7-5-15(21)6-8-16/h1-8,18-22H,9-13H2. The lowest BCUT2D eigenvalue weighted by Gasteiger charge is -2.16. The minimum atomic E-state index is -0.941. The fraction of sp³-hybridized carbons (Fsp3) is 0.333. The summed E-state index contributed by atoms with van der Waals surface area (Å²) in [6, 6.07) is 13.6. The van der Waals surface area contributed by atoms with E-state index in [4.69, 9.17) is 9.47 Å². The normalized spacial score (nSPS) is 11.9. The van der Waals surface area contributed by atoms with E-state index in [2.05, 4.69) is 5.32 Å². The van der Waals surface area contributed by atoms with E-state index in [0.717, 1.165) is 0 Å². The summed E-state index contributed by atoms with van der Waals surface area (Å²) < 4.78 is 10.9. The van der Waals surface area contributed by atoms with Crippen molar-refractivity contribution in [3.8, 4) is 17.2 Å². The highest BCUT2D eigenvalue weighted by atomic mass is 16.6. The zero-order chi connectivity index (χ0) is 17.2. The summed E-state index contributed by atoms with van der Waals surface area (Å²) in [6.45, 7) is 1.55. The van der Waals surface area contributed by atoms with Crippen LogP contribution in [0, 0.1) is 0 Å². The molecule has 0 aliphatic carbocycles. The van der Waals surface area contributed by atoms with Crippen molar-refractivity contribution in [2.75, 3.05) is 19.7 Å². The molecule has 0 radical (unpaired) electrons. The zero-order valence-electron chi connectivity index (χ0n) is 13.4. The monoisotopic (exact) mass is 333 g/mol. The number of aliphatic hydroxyl groups excluding tert-OH is 2. The van der Waals surface area contributed by atoms with Crippen LogP contribution in [-0.4, -0.2) is 41.3 Å². The van der Waals surface area contributed by atoms with Gasteiger partial charge in [-0.05, 0) is 30.3 Å². The van der Waals surface area contributed by atoms with Crippen LogP contribution in [0.5, 0.6) is 17.2 Å². The van der Waals surface area contributed by atoms with Gasteiger partial charge in [0.25, 0.3) is 0 Å². The molecule has 0 aromatic heterocycles. The molecule has 24 heavy (non-hydrogen) atoms. The molecule has 4 N–H and O–H groups in total. The predicted molar refractivity (Wildman–Crippen MR) is 90.1 cm³/mol. The van der Waals surface area contributed by atoms with Crippen molar-refractivity contribution in [1.29, 1.82) is 0 Å². The highest BCUT2D eigenvalue weighted by Gasteiger charge is 2.08. The summed E-state index contributed by atoms with van der Waals surface area (Å²) >= 11 is 0. The molecular formula is C18H23NO5. The molecule has 0 bridgehead atoms. The zero-order valence-corrected chi connectivity index (χ0v) is 13.4. The Bertz CT molecular complexity index is 603. The minimum absolute atomic E-state index is 0.129. The highest BCUT2D eigenvalue weighted by Crippen LogP contribution is 2.19. The SMILES string of the molecule is OCc1ccccc1OC(O)CCNCCOc1ccc(O)cc1. The van der Waals surface area contributed by atoms with E-state index in [1.807, 2.05) is 0 Å². The van der Waals surface area contributed by atoms with Gasteiger partial charge >= 0.3 is 0 Å². The largest absolute Gasteiger partial charge is 0.508 e. The number of aliphatic hydroxyl groups is 2. The van der Waals surface area contributed by atoms with Gasteiger partial charge in [-0.1, -0.05) is 18.2 Å². The average molecular weight is 333 g/mol. The number of rotatable bonds is 10. The number of nitrogens with one attached hydrogen (secondary N) is 1. The summed E-state index contributed by atoms with van der Waals surface area (Å²) in [6.07, 6.45) is -0.526. The lowest BCUT2D eigenvalue weighted by molar-refractivity contribution is -0.0236. The Balaban J connectivity index is 1.59. The van der Waals surface area contributed by atoms with Crippen molar-refractivity contribution in [1.82, 2.24) is 5.32 Å². The summed E-state index contributed by atoms with van der Waals surface area (Å²) in [7, 11) is 0. The molecule has 0 aliphatic rings. The third-order valence-corrected chi connectivity index (χ3v) is 3.36. The summed E-state index contributed by atoms with van der Waals surface area (Å²) in [4.78, 5) is 0. The van der Waals surface area contributed by atoms with Gasteiger partial charge in [0, 0.05) is 25.1 Å². The van der Waals surface area contributed by atoms with Crippen LogP contribution in [-0.2, 0) is 6.61 Å². The van der Waals surface area contributed by atoms with Gasteiger partial charge in [-0.25, -0.2) is 0 Å². The van der Waals surface area contributed by atoms with Gasteiger partial charge in [0.05, 0.1) is 6.61 Å². The molecule has 0 amide bonds. The van der Waals surface area contributed by atoms with Crippen LogP contribution in [0.15, 0.2) is 48.5 Å². The molecule has 6 heteroatoms. The Kier molecular flexibility index (Phi) is 7.35. The Morgan fingerprint density at radius 1 is 1.00 bits per heavy atom. The maximum atomic E-state index is 9.88. The number of hydrogen-bond acceptors (Lipinski definition) is 6. The minimum Gasteiger partial charge on any atom is -0.508 e. The molecule has 2 aromatic carbocycles. The van der Waals surface area contributed by atoms with Crippen LogP contribution in [0.2, 0.25) is 0 Å². The molecule has 0 saturated carbocycles. The van der Waals surface area contributed by atoms with Gasteiger partial charge in [-0.2, -0.15) is 0 Å². The lowest BCUT2D eigenvalue weighted by atomic mass is 10.2. The summed E-state index contributed by atoms with van der Waals surface area (Å²) in [5.74, 6) is 1.39. The molecule has 0 heterocycles. The second kappa shape index (κ2) is 9.77. The number of ether oxygens (including phenoxy) is 2. The maximum Gasteiger partial charge on any atom is 0.198 e. The first kappa shape index (κ1) is 18.1. The van der Waals surface area contributed by atoms with Crippen molar-refractivity contribution >= 4 is 0 Å². The van der Waals surface area contributed by atoms with Crippen molar-refractivity contribution in [3.63, 3.8) is 0 Å². The Morgan fingerprint density at radius 3 is 2.50 bits per heavy atom. The van der Waals surface area contributed by atoms with Crippen molar-refractivity contribution in [2.24, 2.45) is 0 Å². The van der Waals surface area contributed by atoms with Gasteiger partial charge < -0.3 is 30.1 Å². The first-order valence-electron chi connectivity index (χ1n) is 7.85. The molecule has 6 nitrogen and oxygen atoms in total. The Labute approximate surface area is 141 Å². The molecule has 1 atom stereocenters. The van der Waals surface area contributed by atoms with E-state index in [1.165, 1.54) is 0 Å². The number of aromatic hydroxyl groups is 1. The summed E-state index contributed by atoms with van der Waals surface area (Å²) in [5, 5.41) is 31.4. The smallest absolute Gasteiger partial charge is 0.198 e. The molecule has 2 aromatic rings. The second-order valence-corrected chi connectivity index (χ2v) is 5.22. The third-order valence-electron chi connectivity index (χ3n) is 3.36. The van der Waals surface area contributed by atoms with Crippen molar-refractivity contribution in [2.45, 2.75) is 19.3 Å².